The molecular formula is C24H31N3O3. The van der Waals surface area contributed by atoms with E-state index < -0.39 is 0 Å². The summed E-state index contributed by atoms with van der Waals surface area (Å²) in [6.07, 6.45) is 5.01. The minimum Gasteiger partial charge on any atom is -0.497 e. The summed E-state index contributed by atoms with van der Waals surface area (Å²) in [4.78, 5) is 17.0. The summed E-state index contributed by atoms with van der Waals surface area (Å²) in [5.41, 5.74) is 2.06. The van der Waals surface area contributed by atoms with Crippen molar-refractivity contribution in [1.29, 1.82) is 0 Å². The van der Waals surface area contributed by atoms with Gasteiger partial charge in [-0.3, -0.25) is 4.79 Å². The predicted molar refractivity (Wildman–Crippen MR) is 120 cm³/mol. The molecule has 2 fully saturated rings. The monoisotopic (exact) mass is 409 g/mol. The van der Waals surface area contributed by atoms with Crippen LogP contribution in [0.15, 0.2) is 48.5 Å². The Labute approximate surface area is 178 Å². The number of amides is 1. The van der Waals surface area contributed by atoms with E-state index in [0.29, 0.717) is 6.10 Å². The molecular weight excluding hydrogens is 378 g/mol. The molecule has 4 rings (SSSR count). The molecule has 0 atom stereocenters. The highest BCUT2D eigenvalue weighted by molar-refractivity contribution is 5.81. The Hall–Kier alpha value is -2.89. The number of carbonyl (C=O) groups is 1. The van der Waals surface area contributed by atoms with Crippen molar-refractivity contribution in [3.8, 4) is 11.5 Å². The highest BCUT2D eigenvalue weighted by Gasteiger charge is 2.22. The molecule has 1 saturated heterocycles. The number of rotatable bonds is 7. The number of methoxy groups -OCH3 is 1. The first-order valence-electron chi connectivity index (χ1n) is 10.9. The zero-order chi connectivity index (χ0) is 20.8. The fourth-order valence-corrected chi connectivity index (χ4v) is 4.19. The zero-order valence-corrected chi connectivity index (χ0v) is 17.7. The number of nitrogens with one attached hydrogen (secondary N) is 1. The van der Waals surface area contributed by atoms with Gasteiger partial charge in [-0.2, -0.15) is 0 Å². The highest BCUT2D eigenvalue weighted by atomic mass is 16.5. The molecule has 1 aliphatic carbocycles. The Kier molecular flexibility index (Phi) is 6.62. The van der Waals surface area contributed by atoms with Gasteiger partial charge in [0.15, 0.2) is 0 Å². The molecule has 1 aliphatic heterocycles. The number of piperazine rings is 1. The van der Waals surface area contributed by atoms with Crippen molar-refractivity contribution in [2.24, 2.45) is 0 Å². The van der Waals surface area contributed by atoms with E-state index in [-0.39, 0.29) is 12.5 Å². The van der Waals surface area contributed by atoms with E-state index in [2.05, 4.69) is 22.3 Å². The summed E-state index contributed by atoms with van der Waals surface area (Å²) in [7, 11) is 1.67. The minimum absolute atomic E-state index is 0.125. The second kappa shape index (κ2) is 9.74. The van der Waals surface area contributed by atoms with Crippen LogP contribution in [0.3, 0.4) is 0 Å². The lowest BCUT2D eigenvalue weighted by atomic mass is 10.2. The number of benzene rings is 2. The lowest BCUT2D eigenvalue weighted by Crippen LogP contribution is -2.50. The molecule has 1 heterocycles. The van der Waals surface area contributed by atoms with Crippen LogP contribution in [0, 0.1) is 0 Å². The average Bonchev–Trinajstić information content (AvgIpc) is 3.31. The Balaban J connectivity index is 1.27. The third kappa shape index (κ3) is 4.99. The van der Waals surface area contributed by atoms with Gasteiger partial charge in [0, 0.05) is 31.9 Å². The second-order valence-electron chi connectivity index (χ2n) is 7.94. The molecule has 6 nitrogen and oxygen atoms in total. The van der Waals surface area contributed by atoms with Crippen molar-refractivity contribution in [2.45, 2.75) is 31.8 Å². The Morgan fingerprint density at radius 1 is 1.00 bits per heavy atom. The summed E-state index contributed by atoms with van der Waals surface area (Å²) in [6, 6.07) is 16.0. The number of carbonyl (C=O) groups excluding carboxylic acids is 1. The number of nitrogens with zero attached hydrogens (tertiary/aromatic N) is 2. The van der Waals surface area contributed by atoms with Crippen molar-refractivity contribution in [3.05, 3.63) is 48.5 Å². The van der Waals surface area contributed by atoms with Gasteiger partial charge in [-0.15, -0.1) is 0 Å². The van der Waals surface area contributed by atoms with Crippen LogP contribution in [0.2, 0.25) is 0 Å². The Morgan fingerprint density at radius 3 is 2.40 bits per heavy atom. The van der Waals surface area contributed by atoms with Gasteiger partial charge in [-0.1, -0.05) is 12.1 Å². The van der Waals surface area contributed by atoms with Gasteiger partial charge in [-0.25, -0.2) is 0 Å². The van der Waals surface area contributed by atoms with Gasteiger partial charge < -0.3 is 24.6 Å². The normalized spacial score (nSPS) is 17.1. The summed E-state index contributed by atoms with van der Waals surface area (Å²) in [5.74, 6) is 1.83. The molecule has 0 radical (unpaired) electrons. The smallest absolute Gasteiger partial charge is 0.241 e. The van der Waals surface area contributed by atoms with E-state index in [1.807, 2.05) is 41.3 Å². The van der Waals surface area contributed by atoms with Gasteiger partial charge in [-0.05, 0) is 62.1 Å². The van der Waals surface area contributed by atoms with Gasteiger partial charge in [0.25, 0.3) is 0 Å². The first kappa shape index (κ1) is 20.4. The number of para-hydroxylation sites is 2. The third-order valence-corrected chi connectivity index (χ3v) is 5.98. The van der Waals surface area contributed by atoms with Crippen LogP contribution in [0.5, 0.6) is 11.5 Å². The Bertz CT molecular complexity index is 826. The average molecular weight is 410 g/mol. The van der Waals surface area contributed by atoms with Crippen LogP contribution in [-0.4, -0.2) is 56.7 Å². The topological polar surface area (TPSA) is 54.0 Å². The molecule has 30 heavy (non-hydrogen) atoms. The van der Waals surface area contributed by atoms with E-state index in [1.165, 1.54) is 18.5 Å². The molecule has 160 valence electrons. The number of hydrogen-bond acceptors (Lipinski definition) is 5. The third-order valence-electron chi connectivity index (χ3n) is 5.98. The standard InChI is InChI=1S/C24H31N3O3/c1-29-20-12-10-19(11-13-20)26-14-16-27(17-15-26)24(28)18-25-22-8-4-5-9-23(22)30-21-6-2-3-7-21/h4-5,8-13,21,25H,2-3,6-7,14-18H2,1H3. The number of hydrogen-bond donors (Lipinski definition) is 1. The number of ether oxygens (including phenoxy) is 2. The quantitative estimate of drug-likeness (QED) is 0.754. The van der Waals surface area contributed by atoms with Crippen molar-refractivity contribution < 1.29 is 14.3 Å². The molecule has 2 aromatic rings. The molecule has 0 unspecified atom stereocenters. The van der Waals surface area contributed by atoms with Crippen LogP contribution in [0.25, 0.3) is 0 Å². The summed E-state index contributed by atoms with van der Waals surface area (Å²) >= 11 is 0. The molecule has 2 aromatic carbocycles. The maximum atomic E-state index is 12.7. The van der Waals surface area contributed by atoms with Gasteiger partial charge in [0.2, 0.25) is 5.91 Å². The predicted octanol–water partition coefficient (Wildman–Crippen LogP) is 3.78. The lowest BCUT2D eigenvalue weighted by molar-refractivity contribution is -0.129. The van der Waals surface area contributed by atoms with Crippen LogP contribution >= 0.6 is 0 Å². The van der Waals surface area contributed by atoms with E-state index in [0.717, 1.165) is 56.2 Å². The molecule has 1 saturated carbocycles. The molecule has 6 heteroatoms. The molecule has 0 aromatic heterocycles. The molecule has 1 amide bonds. The maximum Gasteiger partial charge on any atom is 0.241 e. The van der Waals surface area contributed by atoms with Crippen LogP contribution in [0.1, 0.15) is 25.7 Å². The SMILES string of the molecule is COc1ccc(N2CCN(C(=O)CNc3ccccc3OC3CCCC3)CC2)cc1. The zero-order valence-electron chi connectivity index (χ0n) is 17.7. The Morgan fingerprint density at radius 2 is 1.70 bits per heavy atom. The largest absolute Gasteiger partial charge is 0.497 e. The summed E-state index contributed by atoms with van der Waals surface area (Å²) < 4.78 is 11.4. The fraction of sp³-hybridized carbons (Fsp3) is 0.458. The van der Waals surface area contributed by atoms with Crippen molar-refractivity contribution in [2.75, 3.05) is 50.1 Å². The van der Waals surface area contributed by atoms with E-state index >= 15 is 0 Å². The van der Waals surface area contributed by atoms with E-state index in [4.69, 9.17) is 9.47 Å². The lowest BCUT2D eigenvalue weighted by Gasteiger charge is -2.36. The van der Waals surface area contributed by atoms with Crippen LogP contribution < -0.4 is 19.7 Å². The summed E-state index contributed by atoms with van der Waals surface area (Å²) in [5, 5.41) is 3.30. The number of anilines is 2. The van der Waals surface area contributed by atoms with E-state index in [1.54, 1.807) is 7.11 Å². The highest BCUT2D eigenvalue weighted by Crippen LogP contribution is 2.29. The molecule has 2 aliphatic rings. The molecule has 1 N–H and O–H groups in total. The molecule has 0 spiro atoms. The van der Waals surface area contributed by atoms with Gasteiger partial charge in [0.05, 0.1) is 25.4 Å². The minimum atomic E-state index is 0.125. The van der Waals surface area contributed by atoms with Gasteiger partial charge in [0.1, 0.15) is 11.5 Å². The van der Waals surface area contributed by atoms with Crippen molar-refractivity contribution in [1.82, 2.24) is 4.90 Å². The molecule has 0 bridgehead atoms. The fourth-order valence-electron chi connectivity index (χ4n) is 4.19. The maximum absolute atomic E-state index is 12.7. The first-order chi connectivity index (χ1) is 14.7. The van der Waals surface area contributed by atoms with Crippen LogP contribution in [0.4, 0.5) is 11.4 Å². The van der Waals surface area contributed by atoms with E-state index in [9.17, 15) is 4.79 Å². The van der Waals surface area contributed by atoms with Crippen molar-refractivity contribution in [3.63, 3.8) is 0 Å². The van der Waals surface area contributed by atoms with Gasteiger partial charge >= 0.3 is 0 Å². The first-order valence-corrected chi connectivity index (χ1v) is 10.9. The second-order valence-corrected chi connectivity index (χ2v) is 7.94. The van der Waals surface area contributed by atoms with Crippen molar-refractivity contribution >= 4 is 17.3 Å². The summed E-state index contributed by atoms with van der Waals surface area (Å²) in [6.45, 7) is 3.41. The van der Waals surface area contributed by atoms with Crippen LogP contribution in [-0.2, 0) is 4.79 Å².